The van der Waals surface area contributed by atoms with Gasteiger partial charge >= 0.3 is 0 Å². The summed E-state index contributed by atoms with van der Waals surface area (Å²) < 4.78 is 0. The number of nitrogens with one attached hydrogen (secondary N) is 1. The van der Waals surface area contributed by atoms with Gasteiger partial charge in [0.25, 0.3) is 0 Å². The van der Waals surface area contributed by atoms with Gasteiger partial charge in [0.2, 0.25) is 11.8 Å². The van der Waals surface area contributed by atoms with Crippen molar-refractivity contribution < 1.29 is 9.59 Å². The maximum atomic E-state index is 12.2. The van der Waals surface area contributed by atoms with Gasteiger partial charge in [-0.2, -0.15) is 0 Å². The Bertz CT molecular complexity index is 320. The molecule has 4 heteroatoms. The molecule has 2 amide bonds. The Morgan fingerprint density at radius 2 is 1.88 bits per heavy atom. The number of carbonyl (C=O) groups excluding carboxylic acids is 2. The second-order valence-corrected chi connectivity index (χ2v) is 6.00. The van der Waals surface area contributed by atoms with Crippen LogP contribution >= 0.6 is 0 Å². The maximum Gasteiger partial charge on any atom is 0.245 e. The van der Waals surface area contributed by atoms with Crippen molar-refractivity contribution in [2.75, 3.05) is 0 Å². The van der Waals surface area contributed by atoms with Crippen molar-refractivity contribution in [1.29, 1.82) is 0 Å². The van der Waals surface area contributed by atoms with Gasteiger partial charge in [-0.05, 0) is 25.7 Å². The van der Waals surface area contributed by atoms with Crippen molar-refractivity contribution in [3.8, 4) is 0 Å². The van der Waals surface area contributed by atoms with E-state index in [2.05, 4.69) is 5.32 Å². The van der Waals surface area contributed by atoms with E-state index in [0.29, 0.717) is 0 Å². The molecule has 1 saturated heterocycles. The van der Waals surface area contributed by atoms with Crippen LogP contribution in [0.15, 0.2) is 0 Å². The summed E-state index contributed by atoms with van der Waals surface area (Å²) in [4.78, 5) is 26.1. The predicted octanol–water partition coefficient (Wildman–Crippen LogP) is 1.55. The first-order chi connectivity index (χ1) is 7.70. The maximum absolute atomic E-state index is 12.2. The second-order valence-electron chi connectivity index (χ2n) is 6.00. The first-order valence-corrected chi connectivity index (χ1v) is 6.32. The van der Waals surface area contributed by atoms with Gasteiger partial charge in [-0.15, -0.1) is 0 Å². The first kappa shape index (κ1) is 14.0. The molecule has 0 aromatic carbocycles. The third kappa shape index (κ3) is 2.61. The Morgan fingerprint density at radius 1 is 1.35 bits per heavy atom. The summed E-state index contributed by atoms with van der Waals surface area (Å²) in [5.74, 6) is -0.0104. The molecule has 0 aromatic rings. The minimum absolute atomic E-state index is 0.0267. The molecule has 0 aromatic heterocycles. The minimum atomic E-state index is -0.407. The zero-order valence-electron chi connectivity index (χ0n) is 11.7. The van der Waals surface area contributed by atoms with E-state index in [9.17, 15) is 9.59 Å². The number of rotatable bonds is 2. The van der Waals surface area contributed by atoms with Crippen molar-refractivity contribution in [3.05, 3.63) is 0 Å². The van der Waals surface area contributed by atoms with Crippen LogP contribution in [0.2, 0.25) is 0 Å². The summed E-state index contributed by atoms with van der Waals surface area (Å²) in [7, 11) is 0. The smallest absolute Gasteiger partial charge is 0.245 e. The summed E-state index contributed by atoms with van der Waals surface area (Å²) in [5.41, 5.74) is -0.247. The fourth-order valence-corrected chi connectivity index (χ4v) is 2.31. The second kappa shape index (κ2) is 4.67. The lowest BCUT2D eigenvalue weighted by Gasteiger charge is -2.46. The van der Waals surface area contributed by atoms with Crippen molar-refractivity contribution in [2.24, 2.45) is 5.41 Å². The highest BCUT2D eigenvalue weighted by molar-refractivity contribution is 5.97. The Hall–Kier alpha value is -1.06. The highest BCUT2D eigenvalue weighted by Crippen LogP contribution is 2.29. The van der Waals surface area contributed by atoms with Crippen LogP contribution in [0, 0.1) is 5.41 Å². The van der Waals surface area contributed by atoms with Crippen LogP contribution in [0.1, 0.15) is 48.0 Å². The molecule has 3 unspecified atom stereocenters. The van der Waals surface area contributed by atoms with Crippen LogP contribution in [0.25, 0.3) is 0 Å². The SMILES string of the molecule is CCC(C)N1C(=O)C(C)NC(=O)C1C(C)(C)C. The van der Waals surface area contributed by atoms with E-state index >= 15 is 0 Å². The number of piperazine rings is 1. The molecule has 0 bridgehead atoms. The molecule has 1 aliphatic heterocycles. The molecule has 1 rings (SSSR count). The van der Waals surface area contributed by atoms with E-state index in [1.54, 1.807) is 11.8 Å². The first-order valence-electron chi connectivity index (χ1n) is 6.32. The van der Waals surface area contributed by atoms with Gasteiger partial charge < -0.3 is 10.2 Å². The van der Waals surface area contributed by atoms with E-state index in [-0.39, 0.29) is 29.3 Å². The third-order valence-corrected chi connectivity index (χ3v) is 3.40. The molecule has 98 valence electrons. The summed E-state index contributed by atoms with van der Waals surface area (Å²) in [5, 5.41) is 2.76. The van der Waals surface area contributed by atoms with Crippen LogP contribution in [0.4, 0.5) is 0 Å². The van der Waals surface area contributed by atoms with Gasteiger partial charge in [-0.3, -0.25) is 9.59 Å². The molecule has 0 spiro atoms. The average Bonchev–Trinajstić information content (AvgIpc) is 2.19. The number of nitrogens with zero attached hydrogens (tertiary/aromatic N) is 1. The Labute approximate surface area is 104 Å². The molecule has 0 saturated carbocycles. The minimum Gasteiger partial charge on any atom is -0.343 e. The molecule has 1 N–H and O–H groups in total. The van der Waals surface area contributed by atoms with Gasteiger partial charge in [-0.1, -0.05) is 27.7 Å². The molecule has 3 atom stereocenters. The molecular weight excluding hydrogens is 216 g/mol. The lowest BCUT2D eigenvalue weighted by atomic mass is 9.82. The van der Waals surface area contributed by atoms with Gasteiger partial charge in [0, 0.05) is 6.04 Å². The Morgan fingerprint density at radius 3 is 2.29 bits per heavy atom. The number of amides is 2. The van der Waals surface area contributed by atoms with Gasteiger partial charge in [-0.25, -0.2) is 0 Å². The van der Waals surface area contributed by atoms with Crippen LogP contribution in [-0.2, 0) is 9.59 Å². The zero-order chi connectivity index (χ0) is 13.4. The summed E-state index contributed by atoms with van der Waals surface area (Å²) in [6.45, 7) is 11.8. The quantitative estimate of drug-likeness (QED) is 0.796. The van der Waals surface area contributed by atoms with Crippen molar-refractivity contribution in [3.63, 3.8) is 0 Å². The largest absolute Gasteiger partial charge is 0.343 e. The van der Waals surface area contributed by atoms with Crippen LogP contribution in [0.5, 0.6) is 0 Å². The van der Waals surface area contributed by atoms with Crippen LogP contribution in [0.3, 0.4) is 0 Å². The molecule has 4 nitrogen and oxygen atoms in total. The fraction of sp³-hybridized carbons (Fsp3) is 0.846. The highest BCUT2D eigenvalue weighted by atomic mass is 16.2. The fourth-order valence-electron chi connectivity index (χ4n) is 2.31. The predicted molar refractivity (Wildman–Crippen MR) is 67.4 cm³/mol. The normalized spacial score (nSPS) is 28.0. The van der Waals surface area contributed by atoms with Gasteiger partial charge in [0.1, 0.15) is 12.1 Å². The summed E-state index contributed by atoms with van der Waals surface area (Å²) in [6, 6.07) is -0.684. The van der Waals surface area contributed by atoms with Crippen molar-refractivity contribution >= 4 is 11.8 Å². The number of carbonyl (C=O) groups is 2. The van der Waals surface area contributed by atoms with E-state index in [1.807, 2.05) is 34.6 Å². The highest BCUT2D eigenvalue weighted by Gasteiger charge is 2.46. The summed E-state index contributed by atoms with van der Waals surface area (Å²) >= 11 is 0. The van der Waals surface area contributed by atoms with Crippen molar-refractivity contribution in [2.45, 2.75) is 66.1 Å². The molecule has 17 heavy (non-hydrogen) atoms. The molecule has 0 radical (unpaired) electrons. The van der Waals surface area contributed by atoms with Crippen molar-refractivity contribution in [1.82, 2.24) is 10.2 Å². The third-order valence-electron chi connectivity index (χ3n) is 3.40. The Balaban J connectivity index is 3.13. The number of hydrogen-bond acceptors (Lipinski definition) is 2. The standard InChI is InChI=1S/C13H24N2O2/c1-7-8(2)15-10(13(4,5)6)11(16)14-9(3)12(15)17/h8-10H,7H2,1-6H3,(H,14,16). The lowest BCUT2D eigenvalue weighted by molar-refractivity contribution is -0.156. The monoisotopic (exact) mass is 240 g/mol. The van der Waals surface area contributed by atoms with Crippen LogP contribution in [-0.4, -0.2) is 34.8 Å². The molecule has 0 aliphatic carbocycles. The molecular formula is C13H24N2O2. The number of hydrogen-bond donors (Lipinski definition) is 1. The lowest BCUT2D eigenvalue weighted by Crippen LogP contribution is -2.67. The van der Waals surface area contributed by atoms with E-state index in [0.717, 1.165) is 6.42 Å². The van der Waals surface area contributed by atoms with Gasteiger partial charge in [0.15, 0.2) is 0 Å². The van der Waals surface area contributed by atoms with E-state index in [1.165, 1.54) is 0 Å². The zero-order valence-corrected chi connectivity index (χ0v) is 11.7. The summed E-state index contributed by atoms with van der Waals surface area (Å²) in [6.07, 6.45) is 0.859. The van der Waals surface area contributed by atoms with Crippen LogP contribution < -0.4 is 5.32 Å². The average molecular weight is 240 g/mol. The van der Waals surface area contributed by atoms with E-state index < -0.39 is 6.04 Å². The van der Waals surface area contributed by atoms with E-state index in [4.69, 9.17) is 0 Å². The molecule has 1 aliphatic rings. The molecule has 1 fully saturated rings. The Kier molecular flexibility index (Phi) is 3.84. The topological polar surface area (TPSA) is 49.4 Å². The van der Waals surface area contributed by atoms with Gasteiger partial charge in [0.05, 0.1) is 0 Å². The molecule has 1 heterocycles.